The van der Waals surface area contributed by atoms with Crippen LogP contribution in [0.3, 0.4) is 0 Å². The molecule has 0 saturated carbocycles. The largest absolute Gasteiger partial charge is 0.490 e. The SMILES string of the molecule is CCOC(=O)c1ccc(N2CCN(C(=O)c3ccc(Br)cc3OC(C)C)CC2)nc1. The van der Waals surface area contributed by atoms with Crippen molar-refractivity contribution in [3.63, 3.8) is 0 Å². The Bertz CT molecular complexity index is 894. The molecule has 0 bridgehead atoms. The third-order valence-corrected chi connectivity index (χ3v) is 5.18. The summed E-state index contributed by atoms with van der Waals surface area (Å²) in [6.45, 7) is 8.46. The zero-order valence-electron chi connectivity index (χ0n) is 17.4. The lowest BCUT2D eigenvalue weighted by molar-refractivity contribution is 0.0525. The molecule has 1 fully saturated rings. The Kier molecular flexibility index (Phi) is 7.31. The maximum absolute atomic E-state index is 13.1. The number of anilines is 1. The van der Waals surface area contributed by atoms with Gasteiger partial charge in [-0.25, -0.2) is 9.78 Å². The van der Waals surface area contributed by atoms with E-state index in [0.29, 0.717) is 49.7 Å². The number of hydrogen-bond acceptors (Lipinski definition) is 6. The zero-order valence-corrected chi connectivity index (χ0v) is 19.0. The second-order valence-corrected chi connectivity index (χ2v) is 8.13. The van der Waals surface area contributed by atoms with E-state index in [2.05, 4.69) is 25.8 Å². The number of carbonyl (C=O) groups is 2. The summed E-state index contributed by atoms with van der Waals surface area (Å²) in [4.78, 5) is 33.2. The van der Waals surface area contributed by atoms with Crippen molar-refractivity contribution in [3.05, 3.63) is 52.1 Å². The Morgan fingerprint density at radius 1 is 1.13 bits per heavy atom. The summed E-state index contributed by atoms with van der Waals surface area (Å²) in [5.74, 6) is 0.954. The fourth-order valence-electron chi connectivity index (χ4n) is 3.24. The van der Waals surface area contributed by atoms with E-state index in [-0.39, 0.29) is 18.0 Å². The number of halogens is 1. The second-order valence-electron chi connectivity index (χ2n) is 7.21. The lowest BCUT2D eigenvalue weighted by atomic mass is 10.1. The monoisotopic (exact) mass is 475 g/mol. The van der Waals surface area contributed by atoms with Crippen molar-refractivity contribution >= 4 is 33.6 Å². The number of benzene rings is 1. The summed E-state index contributed by atoms with van der Waals surface area (Å²) in [6, 6.07) is 9.01. The van der Waals surface area contributed by atoms with Crippen molar-refractivity contribution in [2.24, 2.45) is 0 Å². The van der Waals surface area contributed by atoms with Crippen molar-refractivity contribution in [1.29, 1.82) is 0 Å². The van der Waals surface area contributed by atoms with Crippen LogP contribution in [0.2, 0.25) is 0 Å². The molecule has 2 aromatic rings. The molecule has 1 aromatic carbocycles. The second kappa shape index (κ2) is 9.93. The van der Waals surface area contributed by atoms with E-state index in [1.165, 1.54) is 6.20 Å². The first-order valence-electron chi connectivity index (χ1n) is 10.0. The van der Waals surface area contributed by atoms with Gasteiger partial charge in [0.2, 0.25) is 0 Å². The third kappa shape index (κ3) is 5.30. The van der Waals surface area contributed by atoms with Gasteiger partial charge in [0.25, 0.3) is 5.91 Å². The molecule has 0 radical (unpaired) electrons. The maximum Gasteiger partial charge on any atom is 0.339 e. The Labute approximate surface area is 185 Å². The third-order valence-electron chi connectivity index (χ3n) is 4.69. The number of ether oxygens (including phenoxy) is 2. The van der Waals surface area contributed by atoms with E-state index in [1.54, 1.807) is 19.1 Å². The quantitative estimate of drug-likeness (QED) is 0.592. The van der Waals surface area contributed by atoms with Crippen LogP contribution in [0, 0.1) is 0 Å². The summed E-state index contributed by atoms with van der Waals surface area (Å²) in [7, 11) is 0. The first kappa shape index (κ1) is 22.1. The summed E-state index contributed by atoms with van der Waals surface area (Å²) >= 11 is 3.44. The molecule has 2 heterocycles. The number of amides is 1. The molecule has 1 saturated heterocycles. The molecular formula is C22H26BrN3O4. The molecule has 7 nitrogen and oxygen atoms in total. The molecule has 0 unspecified atom stereocenters. The average Bonchev–Trinajstić information content (AvgIpc) is 2.73. The van der Waals surface area contributed by atoms with E-state index in [4.69, 9.17) is 9.47 Å². The number of carbonyl (C=O) groups excluding carboxylic acids is 2. The highest BCUT2D eigenvalue weighted by atomic mass is 79.9. The molecule has 1 aliphatic heterocycles. The van der Waals surface area contributed by atoms with E-state index in [9.17, 15) is 9.59 Å². The zero-order chi connectivity index (χ0) is 21.7. The minimum atomic E-state index is -0.374. The van der Waals surface area contributed by atoms with Crippen LogP contribution in [0.5, 0.6) is 5.75 Å². The van der Waals surface area contributed by atoms with Crippen molar-refractivity contribution in [2.45, 2.75) is 26.9 Å². The normalized spacial score (nSPS) is 14.0. The lowest BCUT2D eigenvalue weighted by Gasteiger charge is -2.35. The first-order chi connectivity index (χ1) is 14.4. The predicted octanol–water partition coefficient (Wildman–Crippen LogP) is 3.77. The summed E-state index contributed by atoms with van der Waals surface area (Å²) in [5, 5.41) is 0. The van der Waals surface area contributed by atoms with Gasteiger partial charge < -0.3 is 19.3 Å². The Morgan fingerprint density at radius 2 is 1.87 bits per heavy atom. The standard InChI is InChI=1S/C22H26BrN3O4/c1-4-29-22(28)16-5-8-20(24-14-16)25-9-11-26(12-10-25)21(27)18-7-6-17(23)13-19(18)30-15(2)3/h5-8,13-15H,4,9-12H2,1-3H3. The number of hydrogen-bond donors (Lipinski definition) is 0. The highest BCUT2D eigenvalue weighted by Crippen LogP contribution is 2.27. The molecule has 0 N–H and O–H groups in total. The van der Waals surface area contributed by atoms with Crippen LogP contribution in [-0.4, -0.2) is 60.7 Å². The maximum atomic E-state index is 13.1. The van der Waals surface area contributed by atoms with Crippen LogP contribution in [0.15, 0.2) is 41.0 Å². The van der Waals surface area contributed by atoms with Gasteiger partial charge in [-0.05, 0) is 51.1 Å². The number of pyridine rings is 1. The highest BCUT2D eigenvalue weighted by Gasteiger charge is 2.25. The Morgan fingerprint density at radius 3 is 2.47 bits per heavy atom. The highest BCUT2D eigenvalue weighted by molar-refractivity contribution is 9.10. The fraction of sp³-hybridized carbons (Fsp3) is 0.409. The molecule has 0 atom stereocenters. The van der Waals surface area contributed by atoms with Crippen LogP contribution in [0.4, 0.5) is 5.82 Å². The molecule has 1 aromatic heterocycles. The van der Waals surface area contributed by atoms with Crippen molar-refractivity contribution in [2.75, 3.05) is 37.7 Å². The average molecular weight is 476 g/mol. The van der Waals surface area contributed by atoms with E-state index < -0.39 is 0 Å². The Hall–Kier alpha value is -2.61. The van der Waals surface area contributed by atoms with Crippen molar-refractivity contribution in [1.82, 2.24) is 9.88 Å². The van der Waals surface area contributed by atoms with Gasteiger partial charge in [-0.3, -0.25) is 4.79 Å². The van der Waals surface area contributed by atoms with E-state index in [0.717, 1.165) is 10.3 Å². The van der Waals surface area contributed by atoms with Crippen LogP contribution in [0.1, 0.15) is 41.5 Å². The topological polar surface area (TPSA) is 72.0 Å². The molecule has 1 aliphatic rings. The van der Waals surface area contributed by atoms with Gasteiger partial charge in [0.05, 0.1) is 23.8 Å². The van der Waals surface area contributed by atoms with Gasteiger partial charge in [0.1, 0.15) is 11.6 Å². The van der Waals surface area contributed by atoms with Crippen LogP contribution < -0.4 is 9.64 Å². The minimum absolute atomic E-state index is 0.0219. The molecule has 3 rings (SSSR count). The van der Waals surface area contributed by atoms with Crippen molar-refractivity contribution < 1.29 is 19.1 Å². The van der Waals surface area contributed by atoms with Gasteiger partial charge in [0, 0.05) is 36.8 Å². The number of nitrogens with zero attached hydrogens (tertiary/aromatic N) is 3. The Balaban J connectivity index is 1.64. The summed E-state index contributed by atoms with van der Waals surface area (Å²) in [5.41, 5.74) is 1.000. The lowest BCUT2D eigenvalue weighted by Crippen LogP contribution is -2.49. The van der Waals surface area contributed by atoms with Gasteiger partial charge in [0.15, 0.2) is 0 Å². The number of esters is 1. The minimum Gasteiger partial charge on any atom is -0.490 e. The molecule has 8 heteroatoms. The van der Waals surface area contributed by atoms with Crippen LogP contribution in [-0.2, 0) is 4.74 Å². The molecule has 0 aliphatic carbocycles. The van der Waals surface area contributed by atoms with Gasteiger partial charge in [-0.1, -0.05) is 15.9 Å². The first-order valence-corrected chi connectivity index (χ1v) is 10.8. The molecular weight excluding hydrogens is 450 g/mol. The van der Waals surface area contributed by atoms with Gasteiger partial charge in [-0.2, -0.15) is 0 Å². The smallest absolute Gasteiger partial charge is 0.339 e. The van der Waals surface area contributed by atoms with Crippen LogP contribution in [0.25, 0.3) is 0 Å². The number of piperazine rings is 1. The fourth-order valence-corrected chi connectivity index (χ4v) is 3.58. The molecule has 0 spiro atoms. The van der Waals surface area contributed by atoms with Crippen molar-refractivity contribution in [3.8, 4) is 5.75 Å². The molecule has 1 amide bonds. The number of rotatable bonds is 6. The number of aromatic nitrogens is 1. The van der Waals surface area contributed by atoms with E-state index >= 15 is 0 Å². The van der Waals surface area contributed by atoms with Gasteiger partial charge in [-0.15, -0.1) is 0 Å². The predicted molar refractivity (Wildman–Crippen MR) is 118 cm³/mol. The van der Waals surface area contributed by atoms with Gasteiger partial charge >= 0.3 is 5.97 Å². The van der Waals surface area contributed by atoms with E-state index in [1.807, 2.05) is 36.9 Å². The molecule has 30 heavy (non-hydrogen) atoms. The summed E-state index contributed by atoms with van der Waals surface area (Å²) in [6.07, 6.45) is 1.51. The molecule has 160 valence electrons. The van der Waals surface area contributed by atoms with Crippen LogP contribution >= 0.6 is 15.9 Å². The summed E-state index contributed by atoms with van der Waals surface area (Å²) < 4.78 is 11.7.